The molecule has 0 radical (unpaired) electrons. The highest BCUT2D eigenvalue weighted by Gasteiger charge is 2.46. The van der Waals surface area contributed by atoms with Gasteiger partial charge in [0, 0.05) is 38.4 Å². The van der Waals surface area contributed by atoms with Gasteiger partial charge >= 0.3 is 12.2 Å². The summed E-state index contributed by atoms with van der Waals surface area (Å²) >= 11 is 6.05. The van der Waals surface area contributed by atoms with E-state index in [9.17, 15) is 18.0 Å². The van der Waals surface area contributed by atoms with E-state index in [1.807, 2.05) is 4.90 Å². The molecule has 3 aromatic rings. The fraction of sp³-hybridized carbons (Fsp3) is 0.435. The highest BCUT2D eigenvalue weighted by atomic mass is 35.5. The van der Waals surface area contributed by atoms with Crippen molar-refractivity contribution < 1.29 is 22.7 Å². The number of hydrogen-bond acceptors (Lipinski definition) is 5. The predicted molar refractivity (Wildman–Crippen MR) is 124 cm³/mol. The van der Waals surface area contributed by atoms with Crippen LogP contribution in [0.5, 0.6) is 0 Å². The second kappa shape index (κ2) is 9.19. The maximum atomic E-state index is 14.1. The third kappa shape index (κ3) is 4.50. The van der Waals surface area contributed by atoms with Crippen LogP contribution in [0, 0.1) is 0 Å². The zero-order valence-electron chi connectivity index (χ0n) is 19.0. The van der Waals surface area contributed by atoms with Crippen molar-refractivity contribution in [3.05, 3.63) is 52.9 Å². The summed E-state index contributed by atoms with van der Waals surface area (Å²) in [6, 6.07) is 5.11. The average molecular weight is 509 g/mol. The Morgan fingerprint density at radius 1 is 1.17 bits per heavy atom. The number of anilines is 2. The molecule has 0 unspecified atom stereocenters. The number of rotatable bonds is 3. The molecule has 8 nitrogen and oxygen atoms in total. The van der Waals surface area contributed by atoms with Crippen molar-refractivity contribution in [3.8, 4) is 0 Å². The van der Waals surface area contributed by atoms with E-state index >= 15 is 0 Å². The summed E-state index contributed by atoms with van der Waals surface area (Å²) in [7, 11) is 1.19. The quantitative estimate of drug-likeness (QED) is 0.523. The Balaban J connectivity index is 1.43. The lowest BCUT2D eigenvalue weighted by molar-refractivity contribution is -0.177. The maximum absolute atomic E-state index is 14.1. The molecule has 2 aliphatic rings. The number of urea groups is 1. The van der Waals surface area contributed by atoms with Gasteiger partial charge in [-0.15, -0.1) is 0 Å². The number of amides is 2. The van der Waals surface area contributed by atoms with Crippen LogP contribution in [0.4, 0.5) is 29.3 Å². The van der Waals surface area contributed by atoms with Crippen LogP contribution < -0.4 is 4.90 Å². The lowest BCUT2D eigenvalue weighted by atomic mass is 10.0. The third-order valence-corrected chi connectivity index (χ3v) is 6.60. The predicted octanol–water partition coefficient (Wildman–Crippen LogP) is 4.45. The van der Waals surface area contributed by atoms with E-state index in [-0.39, 0.29) is 18.7 Å². The molecular weight excluding hydrogens is 485 g/mol. The van der Waals surface area contributed by atoms with Gasteiger partial charge in [0.15, 0.2) is 16.8 Å². The van der Waals surface area contributed by atoms with Gasteiger partial charge in [-0.25, -0.2) is 14.3 Å². The van der Waals surface area contributed by atoms with Gasteiger partial charge in [0.25, 0.3) is 0 Å². The third-order valence-electron chi connectivity index (χ3n) is 6.42. The number of aryl methyl sites for hydroxylation is 1. The molecule has 1 atom stereocenters. The summed E-state index contributed by atoms with van der Waals surface area (Å²) in [5.41, 5.74) is 3.16. The lowest BCUT2D eigenvalue weighted by Crippen LogP contribution is -2.50. The highest BCUT2D eigenvalue weighted by Crippen LogP contribution is 2.39. The number of nitrogens with zero attached hydrogens (tertiary/aromatic N) is 6. The number of carbonyl (C=O) groups excluding carboxylic acids is 1. The van der Waals surface area contributed by atoms with Crippen LogP contribution in [0.25, 0.3) is 5.65 Å². The average Bonchev–Trinajstić information content (AvgIpc) is 3.24. The molecule has 0 spiro atoms. The van der Waals surface area contributed by atoms with Gasteiger partial charge in [0.1, 0.15) is 0 Å². The van der Waals surface area contributed by atoms with Gasteiger partial charge < -0.3 is 19.4 Å². The Morgan fingerprint density at radius 3 is 2.57 bits per heavy atom. The van der Waals surface area contributed by atoms with Crippen molar-refractivity contribution in [1.82, 2.24) is 24.4 Å². The number of hydrogen-bond donors (Lipinski definition) is 0. The van der Waals surface area contributed by atoms with E-state index in [0.717, 1.165) is 34.8 Å². The van der Waals surface area contributed by atoms with Gasteiger partial charge in [0.05, 0.1) is 30.8 Å². The topological polar surface area (TPSA) is 66.2 Å². The fourth-order valence-electron chi connectivity index (χ4n) is 4.75. The molecule has 1 saturated heterocycles. The zero-order chi connectivity index (χ0) is 24.7. The Kier molecular flexibility index (Phi) is 6.22. The SMILES string of the molecule is CN(C(=O)N1CCOCC1)[C@@H](c1ccc(N2CCCc3c2cnc2cc(Cl)nn32)cc1)C(F)(F)F. The Morgan fingerprint density at radius 2 is 1.89 bits per heavy atom. The van der Waals surface area contributed by atoms with Crippen molar-refractivity contribution in [2.45, 2.75) is 25.1 Å². The van der Waals surface area contributed by atoms with E-state index < -0.39 is 18.2 Å². The Hall–Kier alpha value is -3.05. The van der Waals surface area contributed by atoms with Crippen LogP contribution in [-0.2, 0) is 11.2 Å². The Labute approximate surface area is 204 Å². The van der Waals surface area contributed by atoms with Gasteiger partial charge in [-0.3, -0.25) is 0 Å². The molecule has 2 aromatic heterocycles. The van der Waals surface area contributed by atoms with Crippen molar-refractivity contribution in [3.63, 3.8) is 0 Å². The number of morpholine rings is 1. The fourth-order valence-corrected chi connectivity index (χ4v) is 4.93. The van der Waals surface area contributed by atoms with Crippen LogP contribution in [0.2, 0.25) is 5.15 Å². The normalized spacial score (nSPS) is 17.4. The van der Waals surface area contributed by atoms with Crippen molar-refractivity contribution >= 4 is 34.7 Å². The second-order valence-electron chi connectivity index (χ2n) is 8.61. The molecule has 4 heterocycles. The molecule has 35 heavy (non-hydrogen) atoms. The largest absolute Gasteiger partial charge is 0.413 e. The molecule has 186 valence electrons. The van der Waals surface area contributed by atoms with E-state index in [1.54, 1.807) is 28.9 Å². The second-order valence-corrected chi connectivity index (χ2v) is 9.00. The summed E-state index contributed by atoms with van der Waals surface area (Å²) in [5, 5.41) is 4.66. The van der Waals surface area contributed by atoms with Gasteiger partial charge in [-0.2, -0.15) is 18.3 Å². The first kappa shape index (κ1) is 23.7. The van der Waals surface area contributed by atoms with Gasteiger partial charge in [-0.05, 0) is 30.5 Å². The van der Waals surface area contributed by atoms with Crippen LogP contribution in [0.1, 0.15) is 23.7 Å². The highest BCUT2D eigenvalue weighted by molar-refractivity contribution is 6.29. The molecule has 0 bridgehead atoms. The molecular formula is C23H24ClF3N6O2. The number of halogens is 4. The molecule has 1 fully saturated rings. The first-order chi connectivity index (χ1) is 16.7. The minimum Gasteiger partial charge on any atom is -0.378 e. The standard InChI is InChI=1S/C23H24ClF3N6O2/c1-30(22(34)31-9-11-35-12-10-31)21(23(25,26)27)15-4-6-16(7-5-15)32-8-2-3-17-18(32)14-28-20-13-19(24)29-33(17)20/h4-7,13-14,21H,2-3,8-12H2,1H3/t21-/m0/s1. The van der Waals surface area contributed by atoms with Crippen LogP contribution in [0.3, 0.4) is 0 Å². The van der Waals surface area contributed by atoms with Crippen molar-refractivity contribution in [2.24, 2.45) is 0 Å². The van der Waals surface area contributed by atoms with Crippen molar-refractivity contribution in [2.75, 3.05) is 44.8 Å². The monoisotopic (exact) mass is 508 g/mol. The van der Waals surface area contributed by atoms with E-state index in [4.69, 9.17) is 16.3 Å². The number of aromatic nitrogens is 3. The summed E-state index contributed by atoms with van der Waals surface area (Å²) in [6.07, 6.45) is -1.27. The first-order valence-electron chi connectivity index (χ1n) is 11.3. The summed E-state index contributed by atoms with van der Waals surface area (Å²) in [4.78, 5) is 21.4. The van der Waals surface area contributed by atoms with Crippen LogP contribution in [-0.4, -0.2) is 76.5 Å². The molecule has 0 aliphatic carbocycles. The number of alkyl halides is 3. The molecule has 2 aliphatic heterocycles. The lowest BCUT2D eigenvalue weighted by Gasteiger charge is -2.36. The van der Waals surface area contributed by atoms with Crippen LogP contribution >= 0.6 is 11.6 Å². The van der Waals surface area contributed by atoms with Gasteiger partial charge in [-0.1, -0.05) is 23.7 Å². The molecule has 12 heteroatoms. The zero-order valence-corrected chi connectivity index (χ0v) is 19.8. The molecule has 0 saturated carbocycles. The molecule has 1 aromatic carbocycles. The smallest absolute Gasteiger partial charge is 0.378 e. The minimum absolute atomic E-state index is 0.00460. The summed E-state index contributed by atoms with van der Waals surface area (Å²) in [5.74, 6) is 0. The summed E-state index contributed by atoms with van der Waals surface area (Å²) in [6.45, 7) is 1.85. The van der Waals surface area contributed by atoms with E-state index in [2.05, 4.69) is 10.1 Å². The number of benzene rings is 1. The summed E-state index contributed by atoms with van der Waals surface area (Å²) < 4.78 is 49.2. The number of ether oxygens (including phenoxy) is 1. The Bertz CT molecular complexity index is 1230. The maximum Gasteiger partial charge on any atom is 0.413 e. The minimum atomic E-state index is -4.63. The van der Waals surface area contributed by atoms with E-state index in [0.29, 0.717) is 30.6 Å². The van der Waals surface area contributed by atoms with Crippen LogP contribution in [0.15, 0.2) is 36.5 Å². The molecule has 5 rings (SSSR count). The molecule has 2 amide bonds. The van der Waals surface area contributed by atoms with Gasteiger partial charge in [0.2, 0.25) is 0 Å². The first-order valence-corrected chi connectivity index (χ1v) is 11.7. The van der Waals surface area contributed by atoms with E-state index in [1.165, 1.54) is 24.1 Å². The number of fused-ring (bicyclic) bond motifs is 3. The number of carbonyl (C=O) groups is 1. The molecule has 0 N–H and O–H groups in total. The van der Waals surface area contributed by atoms with Crippen molar-refractivity contribution in [1.29, 1.82) is 0 Å².